The number of hydrogen-bond donors (Lipinski definition) is 1. The first-order chi connectivity index (χ1) is 9.66. The molecule has 0 radical (unpaired) electrons. The summed E-state index contributed by atoms with van der Waals surface area (Å²) in [5.41, 5.74) is 0.719. The summed E-state index contributed by atoms with van der Waals surface area (Å²) in [5.74, 6) is 0.816. The lowest BCUT2D eigenvalue weighted by Gasteiger charge is -2.42. The van der Waals surface area contributed by atoms with E-state index in [9.17, 15) is 0 Å². The SMILES string of the molecule is CNC(c1cc(Cl)ccc1OC)C1(OC)CCOCC1. The molecule has 1 aromatic carbocycles. The van der Waals surface area contributed by atoms with Crippen LogP contribution >= 0.6 is 11.6 Å². The van der Waals surface area contributed by atoms with Crippen molar-refractivity contribution in [1.82, 2.24) is 5.32 Å². The van der Waals surface area contributed by atoms with E-state index in [0.29, 0.717) is 18.2 Å². The van der Waals surface area contributed by atoms with E-state index in [1.54, 1.807) is 14.2 Å². The second-order valence-electron chi connectivity index (χ2n) is 4.99. The highest BCUT2D eigenvalue weighted by Crippen LogP contribution is 2.41. The van der Waals surface area contributed by atoms with E-state index in [1.165, 1.54) is 0 Å². The van der Waals surface area contributed by atoms with Crippen molar-refractivity contribution in [2.45, 2.75) is 24.5 Å². The van der Waals surface area contributed by atoms with Crippen molar-refractivity contribution in [1.29, 1.82) is 0 Å². The number of methoxy groups -OCH3 is 2. The van der Waals surface area contributed by atoms with Gasteiger partial charge in [-0.15, -0.1) is 0 Å². The van der Waals surface area contributed by atoms with Crippen molar-refractivity contribution in [3.05, 3.63) is 28.8 Å². The van der Waals surface area contributed by atoms with E-state index in [0.717, 1.165) is 24.2 Å². The van der Waals surface area contributed by atoms with Crippen molar-refractivity contribution in [2.24, 2.45) is 0 Å². The van der Waals surface area contributed by atoms with Gasteiger partial charge in [-0.1, -0.05) is 11.6 Å². The Balaban J connectivity index is 2.42. The zero-order valence-electron chi connectivity index (χ0n) is 12.2. The van der Waals surface area contributed by atoms with Crippen LogP contribution in [0.5, 0.6) is 5.75 Å². The summed E-state index contributed by atoms with van der Waals surface area (Å²) in [6.45, 7) is 1.41. The van der Waals surface area contributed by atoms with Crippen LogP contribution in [0, 0.1) is 0 Å². The van der Waals surface area contributed by atoms with Crippen LogP contribution in [-0.4, -0.2) is 40.1 Å². The first-order valence-corrected chi connectivity index (χ1v) is 7.18. The Morgan fingerprint density at radius 2 is 2.00 bits per heavy atom. The molecule has 4 nitrogen and oxygen atoms in total. The minimum absolute atomic E-state index is 0.00468. The van der Waals surface area contributed by atoms with Crippen molar-refractivity contribution >= 4 is 11.6 Å². The molecule has 1 atom stereocenters. The standard InChI is InChI=1S/C15H22ClNO3/c1-17-14(15(19-3)6-8-20-9-7-15)12-10-11(16)4-5-13(12)18-2/h4-5,10,14,17H,6-9H2,1-3H3. The van der Waals surface area contributed by atoms with Gasteiger partial charge in [-0.05, 0) is 25.2 Å². The van der Waals surface area contributed by atoms with Gasteiger partial charge >= 0.3 is 0 Å². The summed E-state index contributed by atoms with van der Waals surface area (Å²) in [5, 5.41) is 4.06. The zero-order chi connectivity index (χ0) is 14.6. The molecule has 112 valence electrons. The number of benzene rings is 1. The number of nitrogens with one attached hydrogen (secondary N) is 1. The van der Waals surface area contributed by atoms with E-state index < -0.39 is 0 Å². The minimum Gasteiger partial charge on any atom is -0.496 e. The molecule has 1 heterocycles. The summed E-state index contributed by atoms with van der Waals surface area (Å²) in [6, 6.07) is 5.67. The summed E-state index contributed by atoms with van der Waals surface area (Å²) >= 11 is 6.15. The maximum Gasteiger partial charge on any atom is 0.123 e. The molecule has 0 spiro atoms. The number of halogens is 1. The van der Waals surface area contributed by atoms with Crippen LogP contribution in [0.4, 0.5) is 0 Å². The van der Waals surface area contributed by atoms with Crippen LogP contribution in [-0.2, 0) is 9.47 Å². The van der Waals surface area contributed by atoms with Crippen LogP contribution in [0.25, 0.3) is 0 Å². The molecule has 0 saturated carbocycles. The maximum absolute atomic E-state index is 6.15. The average Bonchev–Trinajstić information content (AvgIpc) is 2.49. The molecule has 0 aromatic heterocycles. The highest BCUT2D eigenvalue weighted by molar-refractivity contribution is 6.30. The van der Waals surface area contributed by atoms with Crippen molar-refractivity contribution in [2.75, 3.05) is 34.5 Å². The fourth-order valence-corrected chi connectivity index (χ4v) is 3.14. The number of hydrogen-bond acceptors (Lipinski definition) is 4. The number of likely N-dealkylation sites (N-methyl/N-ethyl adjacent to an activating group) is 1. The third kappa shape index (κ3) is 2.93. The van der Waals surface area contributed by atoms with E-state index >= 15 is 0 Å². The first kappa shape index (κ1) is 15.6. The quantitative estimate of drug-likeness (QED) is 0.907. The predicted octanol–water partition coefficient (Wildman–Crippen LogP) is 2.80. The molecule has 5 heteroatoms. The molecule has 1 aromatic rings. The van der Waals surface area contributed by atoms with Crippen LogP contribution in [0.1, 0.15) is 24.4 Å². The van der Waals surface area contributed by atoms with Gasteiger partial charge in [0.25, 0.3) is 0 Å². The first-order valence-electron chi connectivity index (χ1n) is 6.80. The van der Waals surface area contributed by atoms with Gasteiger partial charge in [0.1, 0.15) is 5.75 Å². The maximum atomic E-state index is 6.15. The van der Waals surface area contributed by atoms with Gasteiger partial charge in [-0.3, -0.25) is 0 Å². The molecule has 0 amide bonds. The highest BCUT2D eigenvalue weighted by atomic mass is 35.5. The smallest absolute Gasteiger partial charge is 0.123 e. The van der Waals surface area contributed by atoms with E-state index in [2.05, 4.69) is 5.32 Å². The fraction of sp³-hybridized carbons (Fsp3) is 0.600. The van der Waals surface area contributed by atoms with Crippen LogP contribution < -0.4 is 10.1 Å². The summed E-state index contributed by atoms with van der Waals surface area (Å²) in [7, 11) is 5.36. The molecule has 0 aliphatic carbocycles. The average molecular weight is 300 g/mol. The van der Waals surface area contributed by atoms with Gasteiger partial charge < -0.3 is 19.5 Å². The Morgan fingerprint density at radius 3 is 2.55 bits per heavy atom. The lowest BCUT2D eigenvalue weighted by Crippen LogP contribution is -2.48. The van der Waals surface area contributed by atoms with E-state index in [1.807, 2.05) is 25.2 Å². The third-order valence-corrected chi connectivity index (χ3v) is 4.30. The van der Waals surface area contributed by atoms with E-state index in [4.69, 9.17) is 25.8 Å². The Morgan fingerprint density at radius 1 is 1.30 bits per heavy atom. The Hall–Kier alpha value is -0.810. The molecule has 1 unspecified atom stereocenters. The van der Waals surface area contributed by atoms with Gasteiger partial charge in [0, 0.05) is 43.8 Å². The second kappa shape index (κ2) is 6.76. The molecule has 0 bridgehead atoms. The molecule has 1 aliphatic rings. The Bertz CT molecular complexity index is 447. The number of rotatable bonds is 5. The molecule has 1 aliphatic heterocycles. The van der Waals surface area contributed by atoms with Gasteiger partial charge in [-0.25, -0.2) is 0 Å². The largest absolute Gasteiger partial charge is 0.496 e. The Labute approximate surface area is 125 Å². The van der Waals surface area contributed by atoms with Crippen molar-refractivity contribution < 1.29 is 14.2 Å². The third-order valence-electron chi connectivity index (χ3n) is 4.06. The van der Waals surface area contributed by atoms with Gasteiger partial charge in [-0.2, -0.15) is 0 Å². The molecular weight excluding hydrogens is 278 g/mol. The van der Waals surface area contributed by atoms with Gasteiger partial charge in [0.15, 0.2) is 0 Å². The summed E-state index contributed by atoms with van der Waals surface area (Å²) in [4.78, 5) is 0. The van der Waals surface area contributed by atoms with Crippen LogP contribution in [0.2, 0.25) is 5.02 Å². The monoisotopic (exact) mass is 299 g/mol. The molecule has 1 saturated heterocycles. The molecule has 1 fully saturated rings. The predicted molar refractivity (Wildman–Crippen MR) is 79.6 cm³/mol. The molecule has 2 rings (SSSR count). The lowest BCUT2D eigenvalue weighted by molar-refractivity contribution is -0.110. The molecule has 1 N–H and O–H groups in total. The zero-order valence-corrected chi connectivity index (χ0v) is 13.0. The van der Waals surface area contributed by atoms with Gasteiger partial charge in [0.05, 0.1) is 18.8 Å². The van der Waals surface area contributed by atoms with Crippen LogP contribution in [0.3, 0.4) is 0 Å². The van der Waals surface area contributed by atoms with Crippen molar-refractivity contribution in [3.63, 3.8) is 0 Å². The van der Waals surface area contributed by atoms with E-state index in [-0.39, 0.29) is 11.6 Å². The Kier molecular flexibility index (Phi) is 5.27. The van der Waals surface area contributed by atoms with Crippen LogP contribution in [0.15, 0.2) is 18.2 Å². The van der Waals surface area contributed by atoms with Crippen molar-refractivity contribution in [3.8, 4) is 5.75 Å². The second-order valence-corrected chi connectivity index (χ2v) is 5.43. The van der Waals surface area contributed by atoms with Gasteiger partial charge in [0.2, 0.25) is 0 Å². The molecule has 20 heavy (non-hydrogen) atoms. The normalized spacial score (nSPS) is 19.6. The summed E-state index contributed by atoms with van der Waals surface area (Å²) in [6.07, 6.45) is 1.68. The summed E-state index contributed by atoms with van der Waals surface area (Å²) < 4.78 is 16.8. The lowest BCUT2D eigenvalue weighted by atomic mass is 9.81. The number of ether oxygens (including phenoxy) is 3. The fourth-order valence-electron chi connectivity index (χ4n) is 2.96. The topological polar surface area (TPSA) is 39.7 Å². The highest BCUT2D eigenvalue weighted by Gasteiger charge is 2.42. The minimum atomic E-state index is -0.301. The molecular formula is C15H22ClNO3.